The Bertz CT molecular complexity index is 717. The first-order chi connectivity index (χ1) is 11.8. The molecule has 2 atom stereocenters. The monoisotopic (exact) mass is 377 g/mol. The lowest BCUT2D eigenvalue weighted by Gasteiger charge is -2.39. The zero-order chi connectivity index (χ0) is 18.8. The van der Waals surface area contributed by atoms with Crippen LogP contribution in [-0.4, -0.2) is 55.5 Å². The number of fused-ring (bicyclic) bond motifs is 1. The molecule has 7 N–H and O–H groups in total. The third-order valence-corrected chi connectivity index (χ3v) is 4.60. The van der Waals surface area contributed by atoms with Gasteiger partial charge >= 0.3 is 5.69 Å². The van der Waals surface area contributed by atoms with Gasteiger partial charge in [-0.25, -0.2) is 4.79 Å². The summed E-state index contributed by atoms with van der Waals surface area (Å²) in [4.78, 5) is 27.7. The topological polar surface area (TPSA) is 157 Å². The maximum Gasteiger partial charge on any atom is 0.330 e. The smallest absolute Gasteiger partial charge is 0.330 e. The second kappa shape index (κ2) is 7.75. The molecule has 0 aromatic carbocycles. The minimum atomic E-state index is -1.80. The lowest BCUT2D eigenvalue weighted by atomic mass is 10.0. The summed E-state index contributed by atoms with van der Waals surface area (Å²) in [6.07, 6.45) is 0.843. The second-order valence-electron chi connectivity index (χ2n) is 6.13. The number of nitrogens with two attached hydrogens (primary N) is 1. The number of aromatic amines is 1. The van der Waals surface area contributed by atoms with E-state index in [0.29, 0.717) is 13.0 Å². The Kier molecular flexibility index (Phi) is 6.12. The summed E-state index contributed by atoms with van der Waals surface area (Å²) < 4.78 is 1.29. The number of aromatic nitrogens is 2. The SMILES string of the molecule is CCCCCn1c2c(c(=O)[nH]c1=O)NC(Cl)N2C(O)C(N)(CO)CO. The normalized spacial score (nSPS) is 18.2. The van der Waals surface area contributed by atoms with Gasteiger partial charge in [0.25, 0.3) is 5.56 Å². The average molecular weight is 378 g/mol. The fourth-order valence-electron chi connectivity index (χ4n) is 2.71. The van der Waals surface area contributed by atoms with Crippen LogP contribution in [0.25, 0.3) is 0 Å². The predicted octanol–water partition coefficient (Wildman–Crippen LogP) is -1.52. The van der Waals surface area contributed by atoms with Crippen molar-refractivity contribution in [3.8, 4) is 0 Å². The molecule has 2 heterocycles. The standard InChI is InChI=1S/C14H24ClN5O5/c1-2-3-4-5-19-10-8(9(23)18-13(19)25)17-12(15)20(10)11(24)14(16,6-21)7-22/h11-12,17,21-22,24H,2-7,16H2,1H3,(H,18,23,25). The minimum Gasteiger partial charge on any atom is -0.394 e. The van der Waals surface area contributed by atoms with Gasteiger partial charge < -0.3 is 26.4 Å². The first kappa shape index (κ1) is 19.7. The summed E-state index contributed by atoms with van der Waals surface area (Å²) in [7, 11) is 0. The molecule has 0 saturated heterocycles. The number of unbranched alkanes of at least 4 members (excludes halogenated alkanes) is 2. The van der Waals surface area contributed by atoms with E-state index in [2.05, 4.69) is 10.3 Å². The minimum absolute atomic E-state index is 0.0216. The van der Waals surface area contributed by atoms with Crippen LogP contribution in [0, 0.1) is 0 Å². The van der Waals surface area contributed by atoms with Crippen LogP contribution in [0.4, 0.5) is 11.5 Å². The molecule has 0 amide bonds. The van der Waals surface area contributed by atoms with Gasteiger partial charge in [-0.1, -0.05) is 31.4 Å². The van der Waals surface area contributed by atoms with E-state index < -0.39 is 41.9 Å². The molecule has 1 aliphatic heterocycles. The van der Waals surface area contributed by atoms with Crippen molar-refractivity contribution in [1.82, 2.24) is 9.55 Å². The first-order valence-electron chi connectivity index (χ1n) is 8.05. The van der Waals surface area contributed by atoms with Crippen molar-refractivity contribution in [2.75, 3.05) is 23.4 Å². The fraction of sp³-hybridized carbons (Fsp3) is 0.714. The first-order valence-corrected chi connectivity index (χ1v) is 8.49. The van der Waals surface area contributed by atoms with Crippen molar-refractivity contribution < 1.29 is 15.3 Å². The molecule has 11 heteroatoms. The van der Waals surface area contributed by atoms with Crippen LogP contribution in [0.2, 0.25) is 0 Å². The molecule has 0 spiro atoms. The number of aliphatic hydroxyl groups excluding tert-OH is 3. The molecule has 1 aromatic heterocycles. The lowest BCUT2D eigenvalue weighted by molar-refractivity contribution is 0.00569. The molecule has 10 nitrogen and oxygen atoms in total. The summed E-state index contributed by atoms with van der Waals surface area (Å²) in [5.41, 5.74) is 1.65. The summed E-state index contributed by atoms with van der Waals surface area (Å²) >= 11 is 6.18. The third-order valence-electron chi connectivity index (χ3n) is 4.28. The predicted molar refractivity (Wildman–Crippen MR) is 93.7 cm³/mol. The maximum atomic E-state index is 12.3. The average Bonchev–Trinajstić information content (AvgIpc) is 2.94. The summed E-state index contributed by atoms with van der Waals surface area (Å²) in [5, 5.41) is 32.1. The maximum absolute atomic E-state index is 12.3. The Morgan fingerprint density at radius 3 is 2.52 bits per heavy atom. The van der Waals surface area contributed by atoms with Crippen molar-refractivity contribution in [2.24, 2.45) is 5.73 Å². The van der Waals surface area contributed by atoms with Gasteiger partial charge in [-0.2, -0.15) is 0 Å². The van der Waals surface area contributed by atoms with E-state index in [4.69, 9.17) is 17.3 Å². The quantitative estimate of drug-likeness (QED) is 0.181. The molecule has 0 saturated carbocycles. The van der Waals surface area contributed by atoms with Gasteiger partial charge in [0.05, 0.1) is 13.2 Å². The molecule has 1 aliphatic rings. The van der Waals surface area contributed by atoms with Crippen molar-refractivity contribution in [3.63, 3.8) is 0 Å². The fourth-order valence-corrected chi connectivity index (χ4v) is 3.02. The van der Waals surface area contributed by atoms with Crippen LogP contribution in [0.5, 0.6) is 0 Å². The van der Waals surface area contributed by atoms with Crippen LogP contribution in [0.15, 0.2) is 9.59 Å². The van der Waals surface area contributed by atoms with E-state index in [0.717, 1.165) is 17.7 Å². The van der Waals surface area contributed by atoms with Gasteiger partial charge in [0.2, 0.25) is 0 Å². The Morgan fingerprint density at radius 2 is 1.96 bits per heavy atom. The van der Waals surface area contributed by atoms with Gasteiger partial charge in [0.1, 0.15) is 17.0 Å². The van der Waals surface area contributed by atoms with Gasteiger partial charge in [0, 0.05) is 6.54 Å². The van der Waals surface area contributed by atoms with E-state index >= 15 is 0 Å². The van der Waals surface area contributed by atoms with E-state index in [-0.39, 0.29) is 11.5 Å². The van der Waals surface area contributed by atoms with Gasteiger partial charge in [0.15, 0.2) is 11.9 Å². The van der Waals surface area contributed by atoms with Crippen molar-refractivity contribution >= 4 is 23.1 Å². The molecule has 2 unspecified atom stereocenters. The molecule has 0 aliphatic carbocycles. The molecule has 25 heavy (non-hydrogen) atoms. The Balaban J connectivity index is 2.55. The molecule has 0 fully saturated rings. The van der Waals surface area contributed by atoms with Crippen LogP contribution < -0.4 is 27.2 Å². The van der Waals surface area contributed by atoms with Gasteiger partial charge in [-0.3, -0.25) is 19.2 Å². The number of aliphatic hydroxyl groups is 3. The number of H-pyrrole nitrogens is 1. The van der Waals surface area contributed by atoms with Gasteiger partial charge in [-0.05, 0) is 6.42 Å². The summed E-state index contributed by atoms with van der Waals surface area (Å²) in [5.74, 6) is 0.0779. The van der Waals surface area contributed by atoms with Crippen LogP contribution >= 0.6 is 11.6 Å². The van der Waals surface area contributed by atoms with Crippen molar-refractivity contribution in [3.05, 3.63) is 20.8 Å². The van der Waals surface area contributed by atoms with Crippen molar-refractivity contribution in [2.45, 2.75) is 50.1 Å². The Labute approximate surface area is 148 Å². The molecule has 1 aromatic rings. The number of nitrogens with one attached hydrogen (secondary N) is 2. The molecule has 0 bridgehead atoms. The van der Waals surface area contributed by atoms with E-state index in [9.17, 15) is 24.9 Å². The molecular formula is C14H24ClN5O5. The van der Waals surface area contributed by atoms with E-state index in [1.165, 1.54) is 4.57 Å². The highest BCUT2D eigenvalue weighted by Gasteiger charge is 2.45. The number of hydrogen-bond acceptors (Lipinski definition) is 8. The summed E-state index contributed by atoms with van der Waals surface area (Å²) in [6, 6.07) is 0. The largest absolute Gasteiger partial charge is 0.394 e. The van der Waals surface area contributed by atoms with Crippen LogP contribution in [0.1, 0.15) is 26.2 Å². The summed E-state index contributed by atoms with van der Waals surface area (Å²) in [6.45, 7) is 0.848. The number of alkyl halides is 1. The van der Waals surface area contributed by atoms with E-state index in [1.54, 1.807) is 0 Å². The highest BCUT2D eigenvalue weighted by atomic mass is 35.5. The number of rotatable bonds is 8. The van der Waals surface area contributed by atoms with E-state index in [1.807, 2.05) is 6.92 Å². The van der Waals surface area contributed by atoms with Gasteiger partial charge in [-0.15, -0.1) is 0 Å². The molecule has 0 radical (unpaired) electrons. The van der Waals surface area contributed by atoms with Crippen LogP contribution in [0.3, 0.4) is 0 Å². The number of hydrogen-bond donors (Lipinski definition) is 6. The third kappa shape index (κ3) is 3.53. The molecular weight excluding hydrogens is 354 g/mol. The highest BCUT2D eigenvalue weighted by Crippen LogP contribution is 2.35. The Hall–Kier alpha value is -1.59. The number of anilines is 2. The number of halogens is 1. The molecule has 142 valence electrons. The zero-order valence-electron chi connectivity index (χ0n) is 13.9. The number of nitrogens with zero attached hydrogens (tertiary/aromatic N) is 2. The van der Waals surface area contributed by atoms with Crippen molar-refractivity contribution in [1.29, 1.82) is 0 Å². The molecule has 2 rings (SSSR count). The lowest BCUT2D eigenvalue weighted by Crippen LogP contribution is -2.65. The zero-order valence-corrected chi connectivity index (χ0v) is 14.7. The highest BCUT2D eigenvalue weighted by molar-refractivity contribution is 6.24. The Morgan fingerprint density at radius 1 is 1.32 bits per heavy atom. The second-order valence-corrected chi connectivity index (χ2v) is 6.54. The van der Waals surface area contributed by atoms with Crippen LogP contribution in [-0.2, 0) is 6.54 Å².